The minimum Gasteiger partial charge on any atom is -0.458 e. The lowest BCUT2D eigenvalue weighted by Gasteiger charge is -2.25. The van der Waals surface area contributed by atoms with Crippen LogP contribution in [0.15, 0.2) is 36.0 Å². The second kappa shape index (κ2) is 5.31. The maximum Gasteiger partial charge on any atom is 0.334 e. The van der Waals surface area contributed by atoms with Crippen LogP contribution in [0.2, 0.25) is 0 Å². The SMILES string of the molecule is C=C1C(=O)O[C@H]2CC(=C)[C@@H](O)CC/C(C)=C\[C@H](O)[C@@H]12. The maximum atomic E-state index is 11.6. The van der Waals surface area contributed by atoms with E-state index in [1.54, 1.807) is 6.08 Å². The minimum atomic E-state index is -0.785. The molecule has 0 amide bonds. The van der Waals surface area contributed by atoms with Crippen LogP contribution in [-0.2, 0) is 9.53 Å². The fourth-order valence-electron chi connectivity index (χ4n) is 2.68. The Kier molecular flexibility index (Phi) is 3.92. The molecule has 0 aromatic rings. The summed E-state index contributed by atoms with van der Waals surface area (Å²) in [5.74, 6) is -0.925. The zero-order valence-electron chi connectivity index (χ0n) is 11.1. The van der Waals surface area contributed by atoms with Crippen LogP contribution < -0.4 is 0 Å². The third-order valence-corrected chi connectivity index (χ3v) is 3.89. The van der Waals surface area contributed by atoms with Crippen molar-refractivity contribution in [3.63, 3.8) is 0 Å². The van der Waals surface area contributed by atoms with E-state index in [0.717, 1.165) is 5.57 Å². The van der Waals surface area contributed by atoms with Crippen molar-refractivity contribution in [1.82, 2.24) is 0 Å². The second-order valence-electron chi connectivity index (χ2n) is 5.42. The third kappa shape index (κ3) is 2.80. The number of fused-ring (bicyclic) bond motifs is 1. The molecule has 4 heteroatoms. The van der Waals surface area contributed by atoms with E-state index in [2.05, 4.69) is 13.2 Å². The first-order chi connectivity index (χ1) is 8.90. The smallest absolute Gasteiger partial charge is 0.334 e. The highest BCUT2D eigenvalue weighted by atomic mass is 16.6. The Hall–Kier alpha value is -1.39. The summed E-state index contributed by atoms with van der Waals surface area (Å²) in [4.78, 5) is 11.6. The average molecular weight is 264 g/mol. The van der Waals surface area contributed by atoms with Crippen molar-refractivity contribution in [2.24, 2.45) is 5.92 Å². The molecule has 0 unspecified atom stereocenters. The molecule has 1 aliphatic heterocycles. The number of aliphatic hydroxyl groups is 2. The summed E-state index contributed by atoms with van der Waals surface area (Å²) in [5.41, 5.74) is 1.91. The number of carbonyl (C=O) groups is 1. The molecule has 4 atom stereocenters. The lowest BCUT2D eigenvalue weighted by molar-refractivity contribution is -0.139. The van der Waals surface area contributed by atoms with Crippen LogP contribution in [0.1, 0.15) is 26.2 Å². The Morgan fingerprint density at radius 1 is 1.37 bits per heavy atom. The number of allylic oxidation sites excluding steroid dienone is 1. The van der Waals surface area contributed by atoms with Crippen molar-refractivity contribution in [3.05, 3.63) is 36.0 Å². The monoisotopic (exact) mass is 264 g/mol. The van der Waals surface area contributed by atoms with Gasteiger partial charge in [0.05, 0.1) is 18.1 Å². The van der Waals surface area contributed by atoms with Gasteiger partial charge in [-0.05, 0) is 25.3 Å². The molecule has 0 radical (unpaired) electrons. The van der Waals surface area contributed by atoms with Gasteiger partial charge < -0.3 is 14.9 Å². The quantitative estimate of drug-likeness (QED) is 0.395. The Balaban J connectivity index is 2.33. The van der Waals surface area contributed by atoms with E-state index in [-0.39, 0.29) is 0 Å². The van der Waals surface area contributed by atoms with Gasteiger partial charge in [-0.25, -0.2) is 4.79 Å². The van der Waals surface area contributed by atoms with Gasteiger partial charge in [-0.2, -0.15) is 0 Å². The van der Waals surface area contributed by atoms with Crippen molar-refractivity contribution in [3.8, 4) is 0 Å². The highest BCUT2D eigenvalue weighted by molar-refractivity contribution is 5.91. The van der Waals surface area contributed by atoms with Gasteiger partial charge in [0.1, 0.15) is 6.10 Å². The fraction of sp³-hybridized carbons (Fsp3) is 0.533. The molecule has 2 aliphatic rings. The van der Waals surface area contributed by atoms with Gasteiger partial charge in [0.2, 0.25) is 0 Å². The summed E-state index contributed by atoms with van der Waals surface area (Å²) in [6, 6.07) is 0. The van der Waals surface area contributed by atoms with Gasteiger partial charge >= 0.3 is 5.97 Å². The molecule has 0 aromatic carbocycles. The van der Waals surface area contributed by atoms with Crippen molar-refractivity contribution < 1.29 is 19.7 Å². The number of esters is 1. The predicted octanol–water partition coefficient (Wildman–Crippen LogP) is 1.49. The van der Waals surface area contributed by atoms with E-state index >= 15 is 0 Å². The van der Waals surface area contributed by atoms with Gasteiger partial charge in [0.25, 0.3) is 0 Å². The molecular weight excluding hydrogens is 244 g/mol. The normalized spacial score (nSPS) is 39.3. The maximum absolute atomic E-state index is 11.6. The van der Waals surface area contributed by atoms with Crippen LogP contribution in [-0.4, -0.2) is 34.5 Å². The lowest BCUT2D eigenvalue weighted by Crippen LogP contribution is -2.30. The third-order valence-electron chi connectivity index (χ3n) is 3.89. The van der Waals surface area contributed by atoms with Crippen molar-refractivity contribution in [2.45, 2.75) is 44.5 Å². The molecule has 0 aromatic heterocycles. The summed E-state index contributed by atoms with van der Waals surface area (Å²) in [6.45, 7) is 9.47. The fourth-order valence-corrected chi connectivity index (χ4v) is 2.68. The van der Waals surface area contributed by atoms with E-state index in [4.69, 9.17) is 4.74 Å². The molecule has 2 rings (SSSR count). The Bertz CT molecular complexity index is 449. The zero-order valence-corrected chi connectivity index (χ0v) is 11.1. The molecule has 104 valence electrons. The average Bonchev–Trinajstić information content (AvgIpc) is 2.60. The predicted molar refractivity (Wildman–Crippen MR) is 71.3 cm³/mol. The summed E-state index contributed by atoms with van der Waals surface area (Å²) >= 11 is 0. The highest BCUT2D eigenvalue weighted by Crippen LogP contribution is 2.35. The van der Waals surface area contributed by atoms with E-state index in [1.807, 2.05) is 6.92 Å². The molecule has 0 saturated carbocycles. The topological polar surface area (TPSA) is 66.8 Å². The number of carbonyl (C=O) groups excluding carboxylic acids is 1. The number of rotatable bonds is 0. The zero-order chi connectivity index (χ0) is 14.2. The molecule has 19 heavy (non-hydrogen) atoms. The van der Waals surface area contributed by atoms with Crippen LogP contribution in [0.5, 0.6) is 0 Å². The standard InChI is InChI=1S/C15H20O4/c1-8-4-5-11(16)9(2)7-13-14(12(17)6-8)10(3)15(18)19-13/h6,11-14,16-17H,2-5,7H2,1H3/b8-6-/t11-,12-,13-,14+/m0/s1. The highest BCUT2D eigenvalue weighted by Gasteiger charge is 2.42. The molecule has 1 heterocycles. The Morgan fingerprint density at radius 3 is 2.74 bits per heavy atom. The first-order valence-electron chi connectivity index (χ1n) is 6.51. The van der Waals surface area contributed by atoms with Crippen molar-refractivity contribution in [2.75, 3.05) is 0 Å². The van der Waals surface area contributed by atoms with Gasteiger partial charge in [-0.15, -0.1) is 0 Å². The Morgan fingerprint density at radius 2 is 2.05 bits per heavy atom. The molecule has 1 fully saturated rings. The summed E-state index contributed by atoms with van der Waals surface area (Å²) < 4.78 is 5.23. The summed E-state index contributed by atoms with van der Waals surface area (Å²) in [7, 11) is 0. The lowest BCUT2D eigenvalue weighted by atomic mass is 9.84. The first kappa shape index (κ1) is 14.0. The second-order valence-corrected chi connectivity index (χ2v) is 5.42. The van der Waals surface area contributed by atoms with E-state index in [1.165, 1.54) is 0 Å². The van der Waals surface area contributed by atoms with Crippen LogP contribution >= 0.6 is 0 Å². The number of hydrogen-bond donors (Lipinski definition) is 2. The van der Waals surface area contributed by atoms with E-state index in [9.17, 15) is 15.0 Å². The number of aliphatic hydroxyl groups excluding tert-OH is 2. The van der Waals surface area contributed by atoms with Crippen molar-refractivity contribution >= 4 is 5.97 Å². The number of hydrogen-bond acceptors (Lipinski definition) is 4. The molecule has 1 saturated heterocycles. The molecule has 2 N–H and O–H groups in total. The molecule has 1 aliphatic carbocycles. The van der Waals surface area contributed by atoms with Crippen LogP contribution in [0.4, 0.5) is 0 Å². The first-order valence-corrected chi connectivity index (χ1v) is 6.51. The van der Waals surface area contributed by atoms with Crippen LogP contribution in [0, 0.1) is 5.92 Å². The molecule has 0 spiro atoms. The largest absolute Gasteiger partial charge is 0.458 e. The van der Waals surface area contributed by atoms with Gasteiger partial charge in [-0.3, -0.25) is 0 Å². The van der Waals surface area contributed by atoms with Crippen molar-refractivity contribution in [1.29, 1.82) is 0 Å². The number of ether oxygens (including phenoxy) is 1. The summed E-state index contributed by atoms with van der Waals surface area (Å²) in [6.07, 6.45) is 1.47. The molecule has 4 nitrogen and oxygen atoms in total. The Labute approximate surface area is 113 Å². The van der Waals surface area contributed by atoms with Crippen LogP contribution in [0.25, 0.3) is 0 Å². The van der Waals surface area contributed by atoms with Crippen LogP contribution in [0.3, 0.4) is 0 Å². The molecule has 0 bridgehead atoms. The van der Waals surface area contributed by atoms with E-state index in [0.29, 0.717) is 30.4 Å². The van der Waals surface area contributed by atoms with Gasteiger partial charge in [0.15, 0.2) is 0 Å². The summed E-state index contributed by atoms with van der Waals surface area (Å²) in [5, 5.41) is 20.2. The van der Waals surface area contributed by atoms with E-state index < -0.39 is 30.2 Å². The van der Waals surface area contributed by atoms with Gasteiger partial charge in [-0.1, -0.05) is 24.8 Å². The minimum absolute atomic E-state index is 0.296. The van der Waals surface area contributed by atoms with Gasteiger partial charge in [0, 0.05) is 12.0 Å². The molecular formula is C15H20O4.